The van der Waals surface area contributed by atoms with Gasteiger partial charge in [0.25, 0.3) is 0 Å². The smallest absolute Gasteiger partial charge is 0.238 e. The maximum absolute atomic E-state index is 12.6. The molecule has 27 heavy (non-hydrogen) atoms. The standard InChI is InChI=1S/C18H16Cl2N4OS2/c1-9(16(25)24-15-12(20)6-10(19)7-21-15)26-17-14-11-4-2-3-5-13(11)27-18(14)23-8-22-17/h6-9H,2-5H2,1H3,(H,21,24,25)/t9-/m1/s1. The van der Waals surface area contributed by atoms with Crippen LogP contribution in [0.2, 0.25) is 10.0 Å². The molecule has 1 N–H and O–H groups in total. The Morgan fingerprint density at radius 3 is 2.89 bits per heavy atom. The molecule has 3 aromatic rings. The average molecular weight is 439 g/mol. The number of nitrogens with zero attached hydrogens (tertiary/aromatic N) is 3. The average Bonchev–Trinajstić information content (AvgIpc) is 3.03. The number of rotatable bonds is 4. The van der Waals surface area contributed by atoms with E-state index in [4.69, 9.17) is 23.2 Å². The Hall–Kier alpha value is -1.41. The highest BCUT2D eigenvalue weighted by atomic mass is 35.5. The van der Waals surface area contributed by atoms with Crippen LogP contribution in [0.4, 0.5) is 5.82 Å². The van der Waals surface area contributed by atoms with E-state index in [0.29, 0.717) is 15.9 Å². The van der Waals surface area contributed by atoms with E-state index in [-0.39, 0.29) is 11.2 Å². The van der Waals surface area contributed by atoms with Crippen molar-refractivity contribution in [1.82, 2.24) is 15.0 Å². The molecule has 0 aliphatic heterocycles. The van der Waals surface area contributed by atoms with Crippen molar-refractivity contribution >= 4 is 68.2 Å². The van der Waals surface area contributed by atoms with Gasteiger partial charge < -0.3 is 5.32 Å². The van der Waals surface area contributed by atoms with Crippen molar-refractivity contribution in [3.05, 3.63) is 39.1 Å². The lowest BCUT2D eigenvalue weighted by Crippen LogP contribution is -2.23. The van der Waals surface area contributed by atoms with Gasteiger partial charge in [-0.3, -0.25) is 4.79 Å². The molecule has 0 unspecified atom stereocenters. The number of carbonyl (C=O) groups excluding carboxylic acids is 1. The molecule has 4 rings (SSSR count). The molecule has 1 atom stereocenters. The van der Waals surface area contributed by atoms with Gasteiger partial charge in [-0.25, -0.2) is 15.0 Å². The number of aromatic nitrogens is 3. The van der Waals surface area contributed by atoms with Gasteiger partial charge in [0, 0.05) is 16.5 Å². The number of pyridine rings is 1. The number of fused-ring (bicyclic) bond motifs is 3. The van der Waals surface area contributed by atoms with E-state index in [9.17, 15) is 4.79 Å². The minimum atomic E-state index is -0.365. The molecule has 0 saturated carbocycles. The molecule has 3 aromatic heterocycles. The number of hydrogen-bond acceptors (Lipinski definition) is 6. The van der Waals surface area contributed by atoms with E-state index in [2.05, 4.69) is 20.3 Å². The molecule has 0 radical (unpaired) electrons. The third-order valence-corrected chi connectivity index (χ3v) is 7.22. The summed E-state index contributed by atoms with van der Waals surface area (Å²) in [6.45, 7) is 1.84. The maximum atomic E-state index is 12.6. The van der Waals surface area contributed by atoms with Crippen LogP contribution in [0.15, 0.2) is 23.6 Å². The second-order valence-corrected chi connectivity index (χ2v) is 9.56. The largest absolute Gasteiger partial charge is 0.308 e. The molecule has 1 aliphatic rings. The summed E-state index contributed by atoms with van der Waals surface area (Å²) in [6, 6.07) is 1.55. The summed E-state index contributed by atoms with van der Waals surface area (Å²) in [5, 5.41) is 5.10. The summed E-state index contributed by atoms with van der Waals surface area (Å²) in [5.41, 5.74) is 1.36. The lowest BCUT2D eigenvalue weighted by molar-refractivity contribution is -0.115. The van der Waals surface area contributed by atoms with Gasteiger partial charge in [0.1, 0.15) is 16.2 Å². The van der Waals surface area contributed by atoms with E-state index in [1.807, 2.05) is 6.92 Å². The first-order valence-corrected chi connectivity index (χ1v) is 11.0. The molecule has 5 nitrogen and oxygen atoms in total. The van der Waals surface area contributed by atoms with Crippen molar-refractivity contribution < 1.29 is 4.79 Å². The van der Waals surface area contributed by atoms with Gasteiger partial charge in [0.15, 0.2) is 5.82 Å². The Kier molecular flexibility index (Phi) is 5.55. The van der Waals surface area contributed by atoms with Crippen molar-refractivity contribution in [3.8, 4) is 0 Å². The summed E-state index contributed by atoms with van der Waals surface area (Å²) in [7, 11) is 0. The SMILES string of the molecule is C[C@@H](Sc1ncnc2sc3c(c12)CCCC3)C(=O)Nc1ncc(Cl)cc1Cl. The summed E-state index contributed by atoms with van der Waals surface area (Å²) in [5.74, 6) is 0.117. The number of amides is 1. The highest BCUT2D eigenvalue weighted by Gasteiger charge is 2.23. The second kappa shape index (κ2) is 7.91. The molecule has 0 aromatic carbocycles. The zero-order valence-corrected chi connectivity index (χ0v) is 17.6. The van der Waals surface area contributed by atoms with Crippen LogP contribution in [0.3, 0.4) is 0 Å². The quantitative estimate of drug-likeness (QED) is 0.436. The molecular weight excluding hydrogens is 423 g/mol. The number of carbonyl (C=O) groups is 1. The molecular formula is C18H16Cl2N4OS2. The zero-order chi connectivity index (χ0) is 19.0. The van der Waals surface area contributed by atoms with Crippen molar-refractivity contribution in [1.29, 1.82) is 0 Å². The first-order chi connectivity index (χ1) is 13.0. The Balaban J connectivity index is 1.56. The lowest BCUT2D eigenvalue weighted by atomic mass is 9.97. The number of nitrogens with one attached hydrogen (secondary N) is 1. The van der Waals surface area contributed by atoms with Crippen molar-refractivity contribution in [2.75, 3.05) is 5.32 Å². The number of thioether (sulfide) groups is 1. The molecule has 9 heteroatoms. The van der Waals surface area contributed by atoms with Gasteiger partial charge in [-0.05, 0) is 44.2 Å². The third-order valence-electron chi connectivity index (χ3n) is 4.42. The van der Waals surface area contributed by atoms with E-state index >= 15 is 0 Å². The van der Waals surface area contributed by atoms with Crippen molar-refractivity contribution in [2.45, 2.75) is 42.9 Å². The van der Waals surface area contributed by atoms with Crippen LogP contribution < -0.4 is 5.32 Å². The number of hydrogen-bond donors (Lipinski definition) is 1. The van der Waals surface area contributed by atoms with E-state index < -0.39 is 0 Å². The Bertz CT molecular complexity index is 1020. The van der Waals surface area contributed by atoms with Gasteiger partial charge in [-0.1, -0.05) is 35.0 Å². The molecule has 0 bridgehead atoms. The Labute approximate surface area is 174 Å². The molecule has 0 fully saturated rings. The van der Waals surface area contributed by atoms with Gasteiger partial charge >= 0.3 is 0 Å². The topological polar surface area (TPSA) is 67.8 Å². The highest BCUT2D eigenvalue weighted by Crippen LogP contribution is 2.40. The molecule has 1 aliphatic carbocycles. The first kappa shape index (κ1) is 18.9. The fourth-order valence-corrected chi connectivity index (χ4v) is 5.76. The number of halogens is 2. The van der Waals surface area contributed by atoms with Crippen LogP contribution in [0.25, 0.3) is 10.2 Å². The maximum Gasteiger partial charge on any atom is 0.238 e. The normalized spacial score (nSPS) is 14.8. The summed E-state index contributed by atoms with van der Waals surface area (Å²) in [6.07, 6.45) is 7.61. The monoisotopic (exact) mass is 438 g/mol. The number of aryl methyl sites for hydroxylation is 2. The summed E-state index contributed by atoms with van der Waals surface area (Å²) in [4.78, 5) is 28.0. The number of anilines is 1. The van der Waals surface area contributed by atoms with Gasteiger partial charge in [0.05, 0.1) is 15.3 Å². The van der Waals surface area contributed by atoms with E-state index in [1.54, 1.807) is 23.7 Å². The Morgan fingerprint density at radius 1 is 1.26 bits per heavy atom. The van der Waals surface area contributed by atoms with Crippen LogP contribution in [-0.2, 0) is 17.6 Å². The van der Waals surface area contributed by atoms with Gasteiger partial charge in [-0.2, -0.15) is 0 Å². The zero-order valence-electron chi connectivity index (χ0n) is 14.5. The van der Waals surface area contributed by atoms with Crippen LogP contribution >= 0.6 is 46.3 Å². The highest BCUT2D eigenvalue weighted by molar-refractivity contribution is 8.00. The molecule has 0 spiro atoms. The lowest BCUT2D eigenvalue weighted by Gasteiger charge is -2.14. The van der Waals surface area contributed by atoms with E-state index in [0.717, 1.165) is 28.1 Å². The van der Waals surface area contributed by atoms with Gasteiger partial charge in [-0.15, -0.1) is 11.3 Å². The molecule has 1 amide bonds. The van der Waals surface area contributed by atoms with Crippen LogP contribution in [0.5, 0.6) is 0 Å². The molecule has 0 saturated heterocycles. The van der Waals surface area contributed by atoms with Crippen LogP contribution in [-0.4, -0.2) is 26.1 Å². The minimum Gasteiger partial charge on any atom is -0.308 e. The predicted octanol–water partition coefficient (Wildman–Crippen LogP) is 5.39. The summed E-state index contributed by atoms with van der Waals surface area (Å²) >= 11 is 15.1. The molecule has 140 valence electrons. The van der Waals surface area contributed by atoms with E-state index in [1.165, 1.54) is 41.2 Å². The van der Waals surface area contributed by atoms with Crippen LogP contribution in [0, 0.1) is 0 Å². The predicted molar refractivity (Wildman–Crippen MR) is 112 cm³/mol. The minimum absolute atomic E-state index is 0.187. The first-order valence-electron chi connectivity index (χ1n) is 8.56. The van der Waals surface area contributed by atoms with Crippen molar-refractivity contribution in [3.63, 3.8) is 0 Å². The van der Waals surface area contributed by atoms with Gasteiger partial charge in [0.2, 0.25) is 5.91 Å². The fraction of sp³-hybridized carbons (Fsp3) is 0.333. The van der Waals surface area contributed by atoms with Crippen LogP contribution in [0.1, 0.15) is 30.2 Å². The fourth-order valence-electron chi connectivity index (χ4n) is 3.10. The number of thiophene rings is 1. The Morgan fingerprint density at radius 2 is 2.07 bits per heavy atom. The van der Waals surface area contributed by atoms with Crippen molar-refractivity contribution in [2.24, 2.45) is 0 Å². The summed E-state index contributed by atoms with van der Waals surface area (Å²) < 4.78 is 0. The second-order valence-electron chi connectivity index (χ2n) is 6.30. The third kappa shape index (κ3) is 3.92. The molecule has 3 heterocycles.